The lowest BCUT2D eigenvalue weighted by Crippen LogP contribution is -2.46. The fourth-order valence-corrected chi connectivity index (χ4v) is 2.90. The van der Waals surface area contributed by atoms with Crippen LogP contribution in [0, 0.1) is 5.92 Å². The Labute approximate surface area is 126 Å². The molecular formula is C13H26N2O5S. The van der Waals surface area contributed by atoms with E-state index < -0.39 is 27.9 Å². The van der Waals surface area contributed by atoms with Crippen molar-refractivity contribution in [2.75, 3.05) is 12.0 Å². The van der Waals surface area contributed by atoms with Gasteiger partial charge >= 0.3 is 12.0 Å². The number of carbonyl (C=O) groups is 2. The van der Waals surface area contributed by atoms with E-state index >= 15 is 0 Å². The predicted octanol–water partition coefficient (Wildman–Crippen LogP) is 0.998. The van der Waals surface area contributed by atoms with Gasteiger partial charge in [-0.2, -0.15) is 0 Å². The standard InChI is InChI=1S/C13H26N2O5S/c1-9(12(16)17)6-5-7-10(2)14-13(18)15-11(3)8-21(4,19)20/h9-11H,5-8H2,1-4H3,(H,16,17)(H2,14,15,18). The number of sulfone groups is 1. The molecule has 0 aliphatic heterocycles. The molecule has 0 aliphatic carbocycles. The molecule has 0 aromatic heterocycles. The molecule has 3 atom stereocenters. The molecule has 0 saturated carbocycles. The molecule has 0 aromatic rings. The van der Waals surface area contributed by atoms with Crippen LogP contribution >= 0.6 is 0 Å². The summed E-state index contributed by atoms with van der Waals surface area (Å²) < 4.78 is 22.2. The summed E-state index contributed by atoms with van der Waals surface area (Å²) in [6.07, 6.45) is 3.06. The summed E-state index contributed by atoms with van der Waals surface area (Å²) in [4.78, 5) is 22.3. The first kappa shape index (κ1) is 19.7. The highest BCUT2D eigenvalue weighted by Crippen LogP contribution is 2.09. The Hall–Kier alpha value is -1.31. The van der Waals surface area contributed by atoms with Crippen molar-refractivity contribution in [3.63, 3.8) is 0 Å². The Morgan fingerprint density at radius 2 is 1.57 bits per heavy atom. The third-order valence-electron chi connectivity index (χ3n) is 3.00. The van der Waals surface area contributed by atoms with Crippen LogP contribution in [-0.4, -0.2) is 49.6 Å². The second kappa shape index (κ2) is 8.86. The van der Waals surface area contributed by atoms with Gasteiger partial charge < -0.3 is 15.7 Å². The first-order valence-electron chi connectivity index (χ1n) is 6.98. The Kier molecular flexibility index (Phi) is 8.31. The van der Waals surface area contributed by atoms with Crippen molar-refractivity contribution in [3.05, 3.63) is 0 Å². The topological polar surface area (TPSA) is 113 Å². The van der Waals surface area contributed by atoms with Crippen molar-refractivity contribution in [2.45, 2.75) is 52.1 Å². The van der Waals surface area contributed by atoms with Crippen LogP contribution in [0.25, 0.3) is 0 Å². The van der Waals surface area contributed by atoms with E-state index in [1.807, 2.05) is 6.92 Å². The van der Waals surface area contributed by atoms with Gasteiger partial charge in [0.2, 0.25) is 0 Å². The number of carbonyl (C=O) groups excluding carboxylic acids is 1. The van der Waals surface area contributed by atoms with Gasteiger partial charge in [-0.05, 0) is 26.7 Å². The van der Waals surface area contributed by atoms with Gasteiger partial charge in [0.1, 0.15) is 9.84 Å². The second-order valence-electron chi connectivity index (χ2n) is 5.68. The highest BCUT2D eigenvalue weighted by Gasteiger charge is 2.15. The Morgan fingerprint density at radius 1 is 1.05 bits per heavy atom. The minimum atomic E-state index is -3.13. The Balaban J connectivity index is 3.97. The molecule has 8 heteroatoms. The molecule has 2 amide bonds. The van der Waals surface area contributed by atoms with E-state index in [2.05, 4.69) is 10.6 Å². The van der Waals surface area contributed by atoms with Gasteiger partial charge in [0.15, 0.2) is 0 Å². The van der Waals surface area contributed by atoms with Gasteiger partial charge in [-0.1, -0.05) is 13.3 Å². The molecule has 0 bridgehead atoms. The van der Waals surface area contributed by atoms with Crippen molar-refractivity contribution in [1.29, 1.82) is 0 Å². The molecule has 124 valence electrons. The van der Waals surface area contributed by atoms with Crippen molar-refractivity contribution in [2.24, 2.45) is 5.92 Å². The lowest BCUT2D eigenvalue weighted by atomic mass is 10.0. The van der Waals surface area contributed by atoms with Crippen LogP contribution in [0.3, 0.4) is 0 Å². The number of nitrogens with one attached hydrogen (secondary N) is 2. The summed E-state index contributed by atoms with van der Waals surface area (Å²) in [5.74, 6) is -1.31. The van der Waals surface area contributed by atoms with Crippen LogP contribution in [-0.2, 0) is 14.6 Å². The lowest BCUT2D eigenvalue weighted by Gasteiger charge is -2.18. The maximum Gasteiger partial charge on any atom is 0.315 e. The molecule has 0 radical (unpaired) electrons. The first-order chi connectivity index (χ1) is 9.51. The van der Waals surface area contributed by atoms with Gasteiger partial charge in [-0.25, -0.2) is 13.2 Å². The van der Waals surface area contributed by atoms with Crippen LogP contribution in [0.15, 0.2) is 0 Å². The van der Waals surface area contributed by atoms with E-state index in [9.17, 15) is 18.0 Å². The van der Waals surface area contributed by atoms with Gasteiger partial charge in [0.05, 0.1) is 11.7 Å². The van der Waals surface area contributed by atoms with Crippen LogP contribution in [0.5, 0.6) is 0 Å². The minimum absolute atomic E-state index is 0.101. The number of hydrogen-bond donors (Lipinski definition) is 3. The fourth-order valence-electron chi connectivity index (χ4n) is 1.91. The Bertz CT molecular complexity index is 449. The van der Waals surface area contributed by atoms with E-state index in [0.29, 0.717) is 19.3 Å². The number of amides is 2. The van der Waals surface area contributed by atoms with Gasteiger partial charge in [0, 0.05) is 18.3 Å². The second-order valence-corrected chi connectivity index (χ2v) is 7.87. The minimum Gasteiger partial charge on any atom is -0.481 e. The summed E-state index contributed by atoms with van der Waals surface area (Å²) in [5, 5.41) is 14.0. The zero-order valence-electron chi connectivity index (χ0n) is 13.0. The van der Waals surface area contributed by atoms with E-state index in [1.165, 1.54) is 0 Å². The molecule has 7 nitrogen and oxygen atoms in total. The number of aliphatic carboxylic acids is 1. The van der Waals surface area contributed by atoms with Crippen LogP contribution < -0.4 is 10.6 Å². The summed E-state index contributed by atoms with van der Waals surface area (Å²) >= 11 is 0. The Morgan fingerprint density at radius 3 is 2.05 bits per heavy atom. The molecule has 0 spiro atoms. The first-order valence-corrected chi connectivity index (χ1v) is 9.05. The number of urea groups is 1. The quantitative estimate of drug-likeness (QED) is 0.586. The normalized spacial score (nSPS) is 15.8. The summed E-state index contributed by atoms with van der Waals surface area (Å²) in [7, 11) is -3.13. The van der Waals surface area contributed by atoms with Crippen LogP contribution in [0.2, 0.25) is 0 Å². The molecule has 3 N–H and O–H groups in total. The molecule has 0 aliphatic rings. The lowest BCUT2D eigenvalue weighted by molar-refractivity contribution is -0.141. The average Bonchev–Trinajstić information content (AvgIpc) is 2.24. The number of carboxylic acids is 1. The van der Waals surface area contributed by atoms with Crippen molar-refractivity contribution in [3.8, 4) is 0 Å². The zero-order chi connectivity index (χ0) is 16.6. The third kappa shape index (κ3) is 11.1. The van der Waals surface area contributed by atoms with Gasteiger partial charge in [-0.15, -0.1) is 0 Å². The fraction of sp³-hybridized carbons (Fsp3) is 0.846. The van der Waals surface area contributed by atoms with E-state index in [4.69, 9.17) is 5.11 Å². The SMILES string of the molecule is CC(CCCC(C)C(=O)O)NC(=O)NC(C)CS(C)(=O)=O. The van der Waals surface area contributed by atoms with E-state index in [1.54, 1.807) is 13.8 Å². The number of rotatable bonds is 9. The van der Waals surface area contributed by atoms with Gasteiger partial charge in [0.25, 0.3) is 0 Å². The molecule has 0 rings (SSSR count). The average molecular weight is 322 g/mol. The molecular weight excluding hydrogens is 296 g/mol. The predicted molar refractivity (Wildman–Crippen MR) is 81.0 cm³/mol. The molecule has 3 unspecified atom stereocenters. The van der Waals surface area contributed by atoms with Gasteiger partial charge in [-0.3, -0.25) is 4.79 Å². The molecule has 21 heavy (non-hydrogen) atoms. The molecule has 0 heterocycles. The molecule has 0 fully saturated rings. The highest BCUT2D eigenvalue weighted by atomic mass is 32.2. The highest BCUT2D eigenvalue weighted by molar-refractivity contribution is 7.90. The zero-order valence-corrected chi connectivity index (χ0v) is 13.9. The maximum atomic E-state index is 11.6. The number of hydrogen-bond acceptors (Lipinski definition) is 4. The van der Waals surface area contributed by atoms with E-state index in [-0.39, 0.29) is 17.7 Å². The largest absolute Gasteiger partial charge is 0.481 e. The third-order valence-corrected chi connectivity index (χ3v) is 4.11. The number of carboxylic acid groups (broad SMARTS) is 1. The summed E-state index contributed by atoms with van der Waals surface area (Å²) in [6, 6.07) is -0.972. The monoisotopic (exact) mass is 322 g/mol. The summed E-state index contributed by atoms with van der Waals surface area (Å²) in [6.45, 7) is 5.10. The van der Waals surface area contributed by atoms with Crippen LogP contribution in [0.4, 0.5) is 4.79 Å². The van der Waals surface area contributed by atoms with Crippen molar-refractivity contribution < 1.29 is 23.1 Å². The van der Waals surface area contributed by atoms with Crippen LogP contribution in [0.1, 0.15) is 40.0 Å². The molecule has 0 aromatic carbocycles. The van der Waals surface area contributed by atoms with Crippen molar-refractivity contribution in [1.82, 2.24) is 10.6 Å². The van der Waals surface area contributed by atoms with E-state index in [0.717, 1.165) is 6.26 Å². The van der Waals surface area contributed by atoms with Crippen molar-refractivity contribution >= 4 is 21.8 Å². The maximum absolute atomic E-state index is 11.6. The smallest absolute Gasteiger partial charge is 0.315 e. The molecule has 0 saturated heterocycles. The summed E-state index contributed by atoms with van der Waals surface area (Å²) in [5.41, 5.74) is 0.